The number of aromatic nitrogens is 2. The number of carbonyl (C=O) groups excluding carboxylic acids is 1. The summed E-state index contributed by atoms with van der Waals surface area (Å²) in [6.07, 6.45) is 10.7. The normalized spacial score (nSPS) is 23.9. The van der Waals surface area contributed by atoms with Crippen molar-refractivity contribution in [3.05, 3.63) is 40.4 Å². The number of carbonyl (C=O) groups is 1. The van der Waals surface area contributed by atoms with Gasteiger partial charge in [0.25, 0.3) is 5.56 Å². The van der Waals surface area contributed by atoms with Gasteiger partial charge in [-0.2, -0.15) is 0 Å². The Morgan fingerprint density at radius 3 is 2.43 bits per heavy atom. The van der Waals surface area contributed by atoms with Crippen molar-refractivity contribution in [1.29, 1.82) is 0 Å². The summed E-state index contributed by atoms with van der Waals surface area (Å²) in [7, 11) is 0. The molecule has 1 atom stereocenters. The second kappa shape index (κ2) is 7.34. The average molecular weight is 380 g/mol. The maximum atomic E-state index is 13.4. The Hall–Kier alpha value is -2.17. The van der Waals surface area contributed by atoms with Crippen LogP contribution in [0.1, 0.15) is 82.1 Å². The Balaban J connectivity index is 1.61. The second-order valence-electron chi connectivity index (χ2n) is 8.77. The van der Waals surface area contributed by atoms with Crippen molar-refractivity contribution in [3.63, 3.8) is 0 Å². The number of fused-ring (bicyclic) bond motifs is 1. The topological polar surface area (TPSA) is 55.2 Å². The fourth-order valence-corrected chi connectivity index (χ4v) is 5.62. The van der Waals surface area contributed by atoms with Crippen molar-refractivity contribution in [1.82, 2.24) is 14.5 Å². The van der Waals surface area contributed by atoms with E-state index in [4.69, 9.17) is 4.98 Å². The van der Waals surface area contributed by atoms with Crippen LogP contribution in [-0.4, -0.2) is 26.9 Å². The molecule has 148 valence electrons. The van der Waals surface area contributed by atoms with Gasteiger partial charge in [-0.25, -0.2) is 4.98 Å². The van der Waals surface area contributed by atoms with Gasteiger partial charge in [-0.05, 0) is 50.7 Å². The van der Waals surface area contributed by atoms with Gasteiger partial charge in [0.1, 0.15) is 5.82 Å². The molecule has 3 aliphatic rings. The van der Waals surface area contributed by atoms with Crippen molar-refractivity contribution < 1.29 is 4.79 Å². The summed E-state index contributed by atoms with van der Waals surface area (Å²) in [6.45, 7) is 0.799. The fraction of sp³-hybridized carbons (Fsp3) is 0.609. The lowest BCUT2D eigenvalue weighted by atomic mass is 10.1. The minimum atomic E-state index is -0.0500. The quantitative estimate of drug-likeness (QED) is 0.796. The highest BCUT2D eigenvalue weighted by atomic mass is 16.2. The molecule has 1 aromatic heterocycles. The maximum absolute atomic E-state index is 13.4. The molecule has 1 amide bonds. The summed E-state index contributed by atoms with van der Waals surface area (Å²) in [5.74, 6) is 1.30. The molecule has 0 spiro atoms. The van der Waals surface area contributed by atoms with Gasteiger partial charge in [0.05, 0.1) is 16.9 Å². The zero-order valence-electron chi connectivity index (χ0n) is 16.5. The Morgan fingerprint density at radius 2 is 1.64 bits per heavy atom. The Bertz CT molecular complexity index is 939. The van der Waals surface area contributed by atoms with E-state index in [1.54, 1.807) is 0 Å². The van der Waals surface area contributed by atoms with Crippen LogP contribution in [0.4, 0.5) is 0 Å². The first-order chi connectivity index (χ1) is 13.7. The largest absolute Gasteiger partial charge is 0.332 e. The molecule has 1 aromatic carbocycles. The van der Waals surface area contributed by atoms with Gasteiger partial charge < -0.3 is 4.90 Å². The van der Waals surface area contributed by atoms with Gasteiger partial charge in [0.2, 0.25) is 5.91 Å². The summed E-state index contributed by atoms with van der Waals surface area (Å²) in [5.41, 5.74) is 0.838. The molecule has 5 nitrogen and oxygen atoms in total. The number of rotatable bonds is 3. The van der Waals surface area contributed by atoms with E-state index >= 15 is 0 Å². The van der Waals surface area contributed by atoms with E-state index in [-0.39, 0.29) is 23.6 Å². The summed E-state index contributed by atoms with van der Waals surface area (Å²) >= 11 is 0. The smallest absolute Gasteiger partial charge is 0.261 e. The van der Waals surface area contributed by atoms with Crippen molar-refractivity contribution in [2.24, 2.45) is 5.92 Å². The van der Waals surface area contributed by atoms with Crippen LogP contribution in [0.2, 0.25) is 0 Å². The van der Waals surface area contributed by atoms with Gasteiger partial charge in [-0.15, -0.1) is 0 Å². The molecule has 5 rings (SSSR count). The number of hydrogen-bond acceptors (Lipinski definition) is 3. The number of amides is 1. The summed E-state index contributed by atoms with van der Waals surface area (Å²) in [4.78, 5) is 33.7. The number of para-hydroxylation sites is 1. The molecular formula is C23H29N3O2. The molecular weight excluding hydrogens is 350 g/mol. The number of likely N-dealkylation sites (tertiary alicyclic amines) is 1. The monoisotopic (exact) mass is 379 g/mol. The Morgan fingerprint density at radius 1 is 0.929 bits per heavy atom. The van der Waals surface area contributed by atoms with Crippen molar-refractivity contribution in [3.8, 4) is 0 Å². The first-order valence-corrected chi connectivity index (χ1v) is 11.1. The molecule has 0 N–H and O–H groups in total. The zero-order chi connectivity index (χ0) is 19.1. The molecule has 2 saturated carbocycles. The highest BCUT2D eigenvalue weighted by Gasteiger charge is 2.38. The third-order valence-electron chi connectivity index (χ3n) is 7.06. The van der Waals surface area contributed by atoms with Crippen LogP contribution in [0.5, 0.6) is 0 Å². The first kappa shape index (κ1) is 17.9. The number of benzene rings is 1. The third kappa shape index (κ3) is 2.96. The van der Waals surface area contributed by atoms with E-state index < -0.39 is 0 Å². The molecule has 2 aliphatic carbocycles. The van der Waals surface area contributed by atoms with Crippen LogP contribution >= 0.6 is 0 Å². The van der Waals surface area contributed by atoms with Crippen LogP contribution < -0.4 is 5.56 Å². The summed E-state index contributed by atoms with van der Waals surface area (Å²) < 4.78 is 1.97. The lowest BCUT2D eigenvalue weighted by molar-refractivity contribution is -0.136. The first-order valence-electron chi connectivity index (χ1n) is 11.1. The Kier molecular flexibility index (Phi) is 4.69. The fourth-order valence-electron chi connectivity index (χ4n) is 5.62. The van der Waals surface area contributed by atoms with E-state index in [1.165, 1.54) is 12.8 Å². The molecule has 2 heterocycles. The SMILES string of the molecule is O=C(C1CCCC1)N1CCCC1c1nc2ccccc2c(=O)n1C1CCCC1. The molecule has 1 saturated heterocycles. The van der Waals surface area contributed by atoms with Crippen LogP contribution in [0, 0.1) is 5.92 Å². The predicted molar refractivity (Wildman–Crippen MR) is 109 cm³/mol. The van der Waals surface area contributed by atoms with Crippen molar-refractivity contribution in [2.45, 2.75) is 76.3 Å². The van der Waals surface area contributed by atoms with Crippen LogP contribution in [0.3, 0.4) is 0 Å². The minimum Gasteiger partial charge on any atom is -0.332 e. The van der Waals surface area contributed by atoms with Crippen LogP contribution in [0.15, 0.2) is 29.1 Å². The van der Waals surface area contributed by atoms with Gasteiger partial charge in [-0.1, -0.05) is 37.8 Å². The third-order valence-corrected chi connectivity index (χ3v) is 7.06. The van der Waals surface area contributed by atoms with Gasteiger partial charge in [0, 0.05) is 18.5 Å². The minimum absolute atomic E-state index is 0.0500. The second-order valence-corrected chi connectivity index (χ2v) is 8.77. The number of hydrogen-bond donors (Lipinski definition) is 0. The molecule has 5 heteroatoms. The zero-order valence-corrected chi connectivity index (χ0v) is 16.5. The number of nitrogens with zero attached hydrogens (tertiary/aromatic N) is 3. The molecule has 0 bridgehead atoms. The molecule has 1 unspecified atom stereocenters. The Labute approximate surface area is 165 Å². The highest BCUT2D eigenvalue weighted by Crippen LogP contribution is 2.38. The summed E-state index contributed by atoms with van der Waals surface area (Å²) in [5, 5.41) is 0.699. The van der Waals surface area contributed by atoms with Gasteiger partial charge in [-0.3, -0.25) is 14.2 Å². The van der Waals surface area contributed by atoms with Crippen molar-refractivity contribution >= 4 is 16.8 Å². The standard InChI is InChI=1S/C23H29N3O2/c27-22(16-8-1-2-9-16)25-15-7-14-20(25)21-24-19-13-6-5-12-18(19)23(28)26(21)17-10-3-4-11-17/h5-6,12-13,16-17,20H,1-4,7-11,14-15H2. The van der Waals surface area contributed by atoms with E-state index in [2.05, 4.69) is 4.90 Å². The van der Waals surface area contributed by atoms with Gasteiger partial charge >= 0.3 is 0 Å². The molecule has 28 heavy (non-hydrogen) atoms. The average Bonchev–Trinajstić information content (AvgIpc) is 3.49. The van der Waals surface area contributed by atoms with E-state index in [0.717, 1.165) is 69.3 Å². The molecule has 0 radical (unpaired) electrons. The summed E-state index contributed by atoms with van der Waals surface area (Å²) in [6, 6.07) is 7.84. The predicted octanol–water partition coefficient (Wildman–Crippen LogP) is 4.37. The lowest BCUT2D eigenvalue weighted by Crippen LogP contribution is -2.38. The van der Waals surface area contributed by atoms with Crippen molar-refractivity contribution in [2.75, 3.05) is 6.54 Å². The van der Waals surface area contributed by atoms with Gasteiger partial charge in [0.15, 0.2) is 0 Å². The maximum Gasteiger partial charge on any atom is 0.261 e. The van der Waals surface area contributed by atoms with Crippen LogP contribution in [-0.2, 0) is 4.79 Å². The lowest BCUT2D eigenvalue weighted by Gasteiger charge is -2.30. The van der Waals surface area contributed by atoms with E-state index in [0.29, 0.717) is 11.3 Å². The molecule has 2 aromatic rings. The van der Waals surface area contributed by atoms with E-state index in [9.17, 15) is 9.59 Å². The molecule has 3 fully saturated rings. The molecule has 1 aliphatic heterocycles. The van der Waals surface area contributed by atoms with E-state index in [1.807, 2.05) is 28.8 Å². The highest BCUT2D eigenvalue weighted by molar-refractivity contribution is 5.80. The van der Waals surface area contributed by atoms with Crippen LogP contribution in [0.25, 0.3) is 10.9 Å².